The molecule has 1 aromatic rings. The summed E-state index contributed by atoms with van der Waals surface area (Å²) in [6, 6.07) is 0.820. The summed E-state index contributed by atoms with van der Waals surface area (Å²) < 4.78 is 1.93. The zero-order chi connectivity index (χ0) is 12.7. The summed E-state index contributed by atoms with van der Waals surface area (Å²) in [6.45, 7) is 2.12. The highest BCUT2D eigenvalue weighted by Gasteiger charge is 2.53. The van der Waals surface area contributed by atoms with E-state index >= 15 is 0 Å². The van der Waals surface area contributed by atoms with Crippen molar-refractivity contribution < 1.29 is 0 Å². The van der Waals surface area contributed by atoms with Crippen molar-refractivity contribution in [2.75, 3.05) is 6.54 Å². The van der Waals surface area contributed by atoms with Gasteiger partial charge in [-0.15, -0.1) is 5.10 Å². The van der Waals surface area contributed by atoms with Gasteiger partial charge in [0.1, 0.15) is 0 Å². The van der Waals surface area contributed by atoms with Crippen LogP contribution in [0.3, 0.4) is 0 Å². The van der Waals surface area contributed by atoms with Gasteiger partial charge in [-0.1, -0.05) is 11.6 Å². The van der Waals surface area contributed by atoms with Gasteiger partial charge in [-0.05, 0) is 62.3 Å². The van der Waals surface area contributed by atoms with Crippen LogP contribution in [0.25, 0.3) is 0 Å². The van der Waals surface area contributed by atoms with Crippen molar-refractivity contribution >= 4 is 0 Å². The number of aryl methyl sites for hydroxylation is 1. The van der Waals surface area contributed by atoms with Crippen LogP contribution in [0.5, 0.6) is 0 Å². The highest BCUT2D eigenvalue weighted by Crippen LogP contribution is 2.58. The molecular weight excluding hydrogens is 236 g/mol. The Bertz CT molecular complexity index is 416. The molecule has 0 saturated heterocycles. The molecule has 4 heteroatoms. The first-order valence-electron chi connectivity index (χ1n) is 7.99. The Balaban J connectivity index is 1.24. The van der Waals surface area contributed by atoms with Gasteiger partial charge in [0.2, 0.25) is 0 Å². The smallest absolute Gasteiger partial charge is 0.0692 e. The van der Waals surface area contributed by atoms with E-state index in [1.807, 2.05) is 10.9 Å². The zero-order valence-corrected chi connectivity index (χ0v) is 11.5. The van der Waals surface area contributed by atoms with Gasteiger partial charge in [-0.2, -0.15) is 0 Å². The average molecular weight is 260 g/mol. The van der Waals surface area contributed by atoms with Gasteiger partial charge in [0.05, 0.1) is 6.20 Å². The number of hydrogen-bond donors (Lipinski definition) is 1. The third-order valence-corrected chi connectivity index (χ3v) is 5.87. The number of aromatic nitrogens is 3. The van der Waals surface area contributed by atoms with Crippen molar-refractivity contribution in [3.05, 3.63) is 12.4 Å². The van der Waals surface area contributed by atoms with Crippen molar-refractivity contribution in [3.8, 4) is 0 Å². The summed E-state index contributed by atoms with van der Waals surface area (Å²) in [5.41, 5.74) is 0. The molecule has 4 rings (SSSR count). The van der Waals surface area contributed by atoms with Gasteiger partial charge in [0.15, 0.2) is 0 Å². The van der Waals surface area contributed by atoms with E-state index in [1.54, 1.807) is 6.20 Å². The van der Waals surface area contributed by atoms with Gasteiger partial charge in [0, 0.05) is 18.8 Å². The number of fused-ring (bicyclic) bond motifs is 5. The quantitative estimate of drug-likeness (QED) is 0.824. The van der Waals surface area contributed by atoms with Crippen LogP contribution in [0.15, 0.2) is 12.4 Å². The van der Waals surface area contributed by atoms with E-state index in [0.29, 0.717) is 0 Å². The number of rotatable bonds is 5. The number of nitrogens with one attached hydrogen (secondary N) is 1. The Morgan fingerprint density at radius 1 is 1.16 bits per heavy atom. The minimum Gasteiger partial charge on any atom is -0.314 e. The fraction of sp³-hybridized carbons (Fsp3) is 0.867. The van der Waals surface area contributed by atoms with Crippen LogP contribution >= 0.6 is 0 Å². The molecule has 5 atom stereocenters. The normalized spacial score (nSPS) is 39.9. The van der Waals surface area contributed by atoms with Crippen LogP contribution in [0.2, 0.25) is 0 Å². The predicted molar refractivity (Wildman–Crippen MR) is 73.5 cm³/mol. The number of nitrogens with zero attached hydrogens (tertiary/aromatic N) is 3. The first kappa shape index (κ1) is 11.9. The molecule has 3 fully saturated rings. The maximum absolute atomic E-state index is 4.01. The van der Waals surface area contributed by atoms with Crippen molar-refractivity contribution in [2.24, 2.45) is 23.7 Å². The molecule has 5 unspecified atom stereocenters. The molecule has 0 spiro atoms. The van der Waals surface area contributed by atoms with Crippen molar-refractivity contribution in [3.63, 3.8) is 0 Å². The lowest BCUT2D eigenvalue weighted by atomic mass is 9.79. The molecule has 3 saturated carbocycles. The Kier molecular flexibility index (Phi) is 3.06. The minimum atomic E-state index is 0.820. The fourth-order valence-corrected chi connectivity index (χ4v) is 5.18. The summed E-state index contributed by atoms with van der Waals surface area (Å²) in [4.78, 5) is 0. The molecule has 104 valence electrons. The Labute approximate surface area is 115 Å². The molecule has 3 aliphatic rings. The molecule has 0 aliphatic heterocycles. The Morgan fingerprint density at radius 2 is 2.11 bits per heavy atom. The van der Waals surface area contributed by atoms with Crippen LogP contribution in [0.1, 0.15) is 38.5 Å². The largest absolute Gasteiger partial charge is 0.314 e. The predicted octanol–water partition coefficient (Wildman–Crippen LogP) is 2.08. The molecule has 1 heterocycles. The Morgan fingerprint density at radius 3 is 3.00 bits per heavy atom. The van der Waals surface area contributed by atoms with E-state index in [-0.39, 0.29) is 0 Å². The van der Waals surface area contributed by atoms with Crippen LogP contribution < -0.4 is 5.32 Å². The van der Waals surface area contributed by atoms with Crippen molar-refractivity contribution in [1.82, 2.24) is 20.3 Å². The molecule has 19 heavy (non-hydrogen) atoms. The fourth-order valence-electron chi connectivity index (χ4n) is 5.18. The van der Waals surface area contributed by atoms with E-state index < -0.39 is 0 Å². The maximum Gasteiger partial charge on any atom is 0.0692 e. The second kappa shape index (κ2) is 4.89. The molecular formula is C15H24N4. The van der Waals surface area contributed by atoms with E-state index in [9.17, 15) is 0 Å². The molecule has 2 bridgehead atoms. The van der Waals surface area contributed by atoms with E-state index in [1.165, 1.54) is 32.1 Å². The SMILES string of the molecule is c1cn(CCCNC2CC3CC2C2CCCC32)nn1. The monoisotopic (exact) mass is 260 g/mol. The molecule has 4 nitrogen and oxygen atoms in total. The molecule has 0 radical (unpaired) electrons. The highest BCUT2D eigenvalue weighted by atomic mass is 15.4. The third kappa shape index (κ3) is 2.10. The summed E-state index contributed by atoms with van der Waals surface area (Å²) >= 11 is 0. The van der Waals surface area contributed by atoms with Crippen LogP contribution in [0, 0.1) is 23.7 Å². The molecule has 3 aliphatic carbocycles. The molecule has 1 N–H and O–H groups in total. The van der Waals surface area contributed by atoms with Crippen LogP contribution in [-0.4, -0.2) is 27.6 Å². The van der Waals surface area contributed by atoms with Gasteiger partial charge in [-0.3, -0.25) is 4.68 Å². The second-order valence-corrected chi connectivity index (χ2v) is 6.73. The van der Waals surface area contributed by atoms with Gasteiger partial charge in [-0.25, -0.2) is 0 Å². The third-order valence-electron chi connectivity index (χ3n) is 5.87. The molecule has 1 aromatic heterocycles. The summed E-state index contributed by atoms with van der Waals surface area (Å²) in [6.07, 6.45) is 12.4. The van der Waals surface area contributed by atoms with Crippen molar-refractivity contribution in [2.45, 2.75) is 51.1 Å². The lowest BCUT2D eigenvalue weighted by molar-refractivity contribution is 0.208. The standard InChI is InChI=1S/C15H24N4/c1-3-12-11-9-14(13(12)4-1)15(10-11)16-5-2-7-19-8-6-17-18-19/h6,8,11-16H,1-5,7,9-10H2. The first-order valence-corrected chi connectivity index (χ1v) is 7.99. The second-order valence-electron chi connectivity index (χ2n) is 6.73. The highest BCUT2D eigenvalue weighted by molar-refractivity contribution is 5.05. The number of hydrogen-bond acceptors (Lipinski definition) is 3. The van der Waals surface area contributed by atoms with Gasteiger partial charge < -0.3 is 5.32 Å². The van der Waals surface area contributed by atoms with Crippen molar-refractivity contribution in [1.29, 1.82) is 0 Å². The van der Waals surface area contributed by atoms with Gasteiger partial charge in [0.25, 0.3) is 0 Å². The first-order chi connectivity index (χ1) is 9.42. The van der Waals surface area contributed by atoms with Crippen LogP contribution in [0.4, 0.5) is 0 Å². The zero-order valence-electron chi connectivity index (χ0n) is 11.5. The van der Waals surface area contributed by atoms with E-state index in [4.69, 9.17) is 0 Å². The lowest BCUT2D eigenvalue weighted by Gasteiger charge is -2.32. The summed E-state index contributed by atoms with van der Waals surface area (Å²) in [5, 5.41) is 11.7. The maximum atomic E-state index is 4.01. The lowest BCUT2D eigenvalue weighted by Crippen LogP contribution is -2.39. The minimum absolute atomic E-state index is 0.820. The van der Waals surface area contributed by atoms with Crippen LogP contribution in [-0.2, 0) is 6.54 Å². The van der Waals surface area contributed by atoms with E-state index in [2.05, 4.69) is 15.6 Å². The summed E-state index contributed by atoms with van der Waals surface area (Å²) in [5.74, 6) is 4.25. The van der Waals surface area contributed by atoms with E-state index in [0.717, 1.165) is 49.2 Å². The molecule has 0 amide bonds. The Hall–Kier alpha value is -0.900. The topological polar surface area (TPSA) is 42.7 Å². The molecule has 0 aromatic carbocycles. The summed E-state index contributed by atoms with van der Waals surface area (Å²) in [7, 11) is 0. The average Bonchev–Trinajstić information content (AvgIpc) is 3.14. The van der Waals surface area contributed by atoms with Gasteiger partial charge >= 0.3 is 0 Å².